The largest absolute Gasteiger partial charge is 0.491 e. The van der Waals surface area contributed by atoms with Crippen LogP contribution in [0.4, 0.5) is 4.39 Å². The first-order chi connectivity index (χ1) is 9.57. The number of benzene rings is 1. The van der Waals surface area contributed by atoms with Crippen LogP contribution in [0.25, 0.3) is 0 Å². The third kappa shape index (κ3) is 4.76. The second-order valence-corrected chi connectivity index (χ2v) is 5.92. The zero-order chi connectivity index (χ0) is 14.4. The summed E-state index contributed by atoms with van der Waals surface area (Å²) in [5.74, 6) is 0.291. The number of hydrogen-bond acceptors (Lipinski definition) is 3. The van der Waals surface area contributed by atoms with Gasteiger partial charge in [-0.25, -0.2) is 4.39 Å². The highest BCUT2D eigenvalue weighted by atomic mass is 19.1. The molecule has 1 aliphatic carbocycles. The molecule has 3 nitrogen and oxygen atoms in total. The molecule has 0 heterocycles. The smallest absolute Gasteiger partial charge is 0.123 e. The lowest BCUT2D eigenvalue weighted by atomic mass is 9.83. The second-order valence-electron chi connectivity index (χ2n) is 5.92. The predicted octanol–water partition coefficient (Wildman–Crippen LogP) is 2.88. The molecule has 0 saturated heterocycles. The Morgan fingerprint density at radius 2 is 1.90 bits per heavy atom. The molecule has 2 rings (SSSR count). The molecular weight excluding hydrogens is 257 g/mol. The van der Waals surface area contributed by atoms with Crippen LogP contribution in [0.2, 0.25) is 0 Å². The molecule has 1 aromatic carbocycles. The van der Waals surface area contributed by atoms with Crippen molar-refractivity contribution in [3.8, 4) is 5.75 Å². The van der Waals surface area contributed by atoms with Crippen molar-refractivity contribution in [1.82, 2.24) is 5.32 Å². The summed E-state index contributed by atoms with van der Waals surface area (Å²) in [6.45, 7) is 2.96. The zero-order valence-electron chi connectivity index (χ0n) is 12.1. The molecule has 112 valence electrons. The van der Waals surface area contributed by atoms with Crippen LogP contribution < -0.4 is 10.1 Å². The third-order valence-electron chi connectivity index (χ3n) is 3.98. The highest BCUT2D eigenvalue weighted by Crippen LogP contribution is 2.27. The lowest BCUT2D eigenvalue weighted by Gasteiger charge is -2.35. The van der Waals surface area contributed by atoms with Crippen molar-refractivity contribution in [1.29, 1.82) is 0 Å². The highest BCUT2D eigenvalue weighted by molar-refractivity contribution is 5.22. The number of ether oxygens (including phenoxy) is 1. The Morgan fingerprint density at radius 3 is 2.55 bits per heavy atom. The van der Waals surface area contributed by atoms with Gasteiger partial charge in [0.2, 0.25) is 0 Å². The SMILES string of the molecule is CC1(NCC(O)COc2ccc(F)cc2)CCCCC1. The molecule has 0 bridgehead atoms. The molecule has 0 spiro atoms. The molecule has 20 heavy (non-hydrogen) atoms. The van der Waals surface area contributed by atoms with Gasteiger partial charge >= 0.3 is 0 Å². The fourth-order valence-corrected chi connectivity index (χ4v) is 2.66. The summed E-state index contributed by atoms with van der Waals surface area (Å²) in [5.41, 5.74) is 0.148. The van der Waals surface area contributed by atoms with Crippen LogP contribution in [0.3, 0.4) is 0 Å². The molecule has 1 aromatic rings. The van der Waals surface area contributed by atoms with Gasteiger partial charge in [-0.2, -0.15) is 0 Å². The molecule has 1 unspecified atom stereocenters. The predicted molar refractivity (Wildman–Crippen MR) is 77.4 cm³/mol. The van der Waals surface area contributed by atoms with Crippen LogP contribution >= 0.6 is 0 Å². The molecule has 0 radical (unpaired) electrons. The monoisotopic (exact) mass is 281 g/mol. The number of aliphatic hydroxyl groups excluding tert-OH is 1. The van der Waals surface area contributed by atoms with E-state index < -0.39 is 6.10 Å². The molecule has 1 saturated carbocycles. The molecule has 2 N–H and O–H groups in total. The van der Waals surface area contributed by atoms with E-state index in [-0.39, 0.29) is 18.0 Å². The van der Waals surface area contributed by atoms with E-state index in [1.807, 2.05) is 0 Å². The maximum Gasteiger partial charge on any atom is 0.123 e. The third-order valence-corrected chi connectivity index (χ3v) is 3.98. The topological polar surface area (TPSA) is 41.5 Å². The first kappa shape index (κ1) is 15.3. The summed E-state index contributed by atoms with van der Waals surface area (Å²) in [6, 6.07) is 5.84. The molecule has 0 aromatic heterocycles. The van der Waals surface area contributed by atoms with Gasteiger partial charge in [-0.05, 0) is 44.0 Å². The van der Waals surface area contributed by atoms with Crippen LogP contribution in [0.1, 0.15) is 39.0 Å². The number of hydrogen-bond donors (Lipinski definition) is 2. The highest BCUT2D eigenvalue weighted by Gasteiger charge is 2.26. The minimum absolute atomic E-state index is 0.148. The van der Waals surface area contributed by atoms with E-state index in [1.165, 1.54) is 44.2 Å². The van der Waals surface area contributed by atoms with Crippen molar-refractivity contribution in [3.05, 3.63) is 30.1 Å². The van der Waals surface area contributed by atoms with Crippen LogP contribution in [0.15, 0.2) is 24.3 Å². The van der Waals surface area contributed by atoms with Crippen molar-refractivity contribution >= 4 is 0 Å². The van der Waals surface area contributed by atoms with Gasteiger partial charge in [0, 0.05) is 12.1 Å². The Balaban J connectivity index is 1.69. The molecular formula is C16H24FNO2. The molecule has 4 heteroatoms. The quantitative estimate of drug-likeness (QED) is 0.842. The van der Waals surface area contributed by atoms with Gasteiger partial charge in [0.15, 0.2) is 0 Å². The van der Waals surface area contributed by atoms with Crippen LogP contribution in [-0.4, -0.2) is 29.9 Å². The zero-order valence-corrected chi connectivity index (χ0v) is 12.1. The van der Waals surface area contributed by atoms with E-state index in [9.17, 15) is 9.50 Å². The maximum absolute atomic E-state index is 12.7. The van der Waals surface area contributed by atoms with Gasteiger partial charge in [-0.1, -0.05) is 19.3 Å². The van der Waals surface area contributed by atoms with Crippen molar-refractivity contribution in [3.63, 3.8) is 0 Å². The van der Waals surface area contributed by atoms with E-state index >= 15 is 0 Å². The van der Waals surface area contributed by atoms with E-state index in [0.29, 0.717) is 12.3 Å². The Morgan fingerprint density at radius 1 is 1.25 bits per heavy atom. The first-order valence-electron chi connectivity index (χ1n) is 7.39. The first-order valence-corrected chi connectivity index (χ1v) is 7.39. The summed E-state index contributed by atoms with van der Waals surface area (Å²) < 4.78 is 18.2. The van der Waals surface area contributed by atoms with E-state index in [1.54, 1.807) is 12.1 Å². The van der Waals surface area contributed by atoms with Crippen LogP contribution in [-0.2, 0) is 0 Å². The van der Waals surface area contributed by atoms with Gasteiger partial charge in [-0.3, -0.25) is 0 Å². The minimum Gasteiger partial charge on any atom is -0.491 e. The summed E-state index contributed by atoms with van der Waals surface area (Å²) in [6.07, 6.45) is 5.60. The standard InChI is InChI=1S/C16H24FNO2/c1-16(9-3-2-4-10-16)18-11-14(19)12-20-15-7-5-13(17)6-8-15/h5-8,14,18-19H,2-4,9-12H2,1H3. The molecule has 1 fully saturated rings. The fraction of sp³-hybridized carbons (Fsp3) is 0.625. The average Bonchev–Trinajstić information content (AvgIpc) is 2.45. The normalized spacial score (nSPS) is 19.6. The number of rotatable bonds is 6. The Labute approximate surface area is 120 Å². The summed E-state index contributed by atoms with van der Waals surface area (Å²) >= 11 is 0. The number of aliphatic hydroxyl groups is 1. The Bertz CT molecular complexity index is 401. The molecule has 1 aliphatic rings. The fourth-order valence-electron chi connectivity index (χ4n) is 2.66. The van der Waals surface area contributed by atoms with Gasteiger partial charge in [0.1, 0.15) is 24.3 Å². The van der Waals surface area contributed by atoms with E-state index in [4.69, 9.17) is 4.74 Å². The Kier molecular flexibility index (Phi) is 5.38. The number of halogens is 1. The molecule has 1 atom stereocenters. The molecule has 0 aliphatic heterocycles. The number of β-amino-alcohol motifs (C(OH)–C–C–N with tert-alkyl or cyclic N) is 1. The van der Waals surface area contributed by atoms with Crippen LogP contribution in [0, 0.1) is 5.82 Å². The summed E-state index contributed by atoms with van der Waals surface area (Å²) in [7, 11) is 0. The van der Waals surface area contributed by atoms with E-state index in [2.05, 4.69) is 12.2 Å². The number of nitrogens with one attached hydrogen (secondary N) is 1. The van der Waals surface area contributed by atoms with Crippen molar-refractivity contribution in [2.24, 2.45) is 0 Å². The lowest BCUT2D eigenvalue weighted by Crippen LogP contribution is -2.48. The van der Waals surface area contributed by atoms with Crippen LogP contribution in [0.5, 0.6) is 5.75 Å². The van der Waals surface area contributed by atoms with Gasteiger partial charge < -0.3 is 15.2 Å². The van der Waals surface area contributed by atoms with Crippen molar-refractivity contribution in [2.45, 2.75) is 50.7 Å². The van der Waals surface area contributed by atoms with Gasteiger partial charge in [0.25, 0.3) is 0 Å². The second kappa shape index (κ2) is 7.04. The van der Waals surface area contributed by atoms with Gasteiger partial charge in [0.05, 0.1) is 0 Å². The molecule has 0 amide bonds. The van der Waals surface area contributed by atoms with E-state index in [0.717, 1.165) is 0 Å². The maximum atomic E-state index is 12.7. The van der Waals surface area contributed by atoms with Gasteiger partial charge in [-0.15, -0.1) is 0 Å². The Hall–Kier alpha value is -1.13. The average molecular weight is 281 g/mol. The minimum atomic E-state index is -0.557. The summed E-state index contributed by atoms with van der Waals surface area (Å²) in [4.78, 5) is 0. The lowest BCUT2D eigenvalue weighted by molar-refractivity contribution is 0.0930. The summed E-state index contributed by atoms with van der Waals surface area (Å²) in [5, 5.41) is 13.4. The van der Waals surface area contributed by atoms with Crippen molar-refractivity contribution in [2.75, 3.05) is 13.2 Å². The van der Waals surface area contributed by atoms with Crippen molar-refractivity contribution < 1.29 is 14.2 Å².